The second-order valence-electron chi connectivity index (χ2n) is 10.9. The number of rotatable bonds is 7. The molecule has 0 heterocycles. The molecule has 1 N–H and O–H groups in total. The van der Waals surface area contributed by atoms with Gasteiger partial charge >= 0.3 is 172 Å². The summed E-state index contributed by atoms with van der Waals surface area (Å²) in [5.41, 5.74) is 7.30. The van der Waals surface area contributed by atoms with E-state index in [2.05, 4.69) is 141 Å². The molecule has 0 aromatic heterocycles. The second kappa shape index (κ2) is 13.1. The summed E-state index contributed by atoms with van der Waals surface area (Å²) in [6.45, 7) is 8.24. The van der Waals surface area contributed by atoms with Crippen LogP contribution < -0.4 is 14.2 Å². The first-order valence-corrected chi connectivity index (χ1v) is 20.3. The summed E-state index contributed by atoms with van der Waals surface area (Å²) in [6.07, 6.45) is 2.74. The van der Waals surface area contributed by atoms with Crippen LogP contribution in [0.4, 0.5) is 0 Å². The zero-order valence-electron chi connectivity index (χ0n) is 23.7. The number of benzene rings is 4. The van der Waals surface area contributed by atoms with Gasteiger partial charge in [-0.1, -0.05) is 60.7 Å². The molecule has 2 aliphatic carbocycles. The molecule has 1 unspecified atom stereocenters. The Labute approximate surface area is 242 Å². The molecule has 2 aliphatic rings. The van der Waals surface area contributed by atoms with Gasteiger partial charge in [0.2, 0.25) is 0 Å². The Hall–Kier alpha value is -2.75. The molecule has 4 aromatic carbocycles. The fourth-order valence-electron chi connectivity index (χ4n) is 5.64. The van der Waals surface area contributed by atoms with Gasteiger partial charge in [0.1, 0.15) is 0 Å². The number of hydrogen-bond donors (Lipinski definition) is 1. The van der Waals surface area contributed by atoms with E-state index in [0.717, 1.165) is 6.04 Å². The molecule has 1 saturated carbocycles. The molecule has 197 valence electrons. The molecule has 1 fully saturated rings. The summed E-state index contributed by atoms with van der Waals surface area (Å²) in [6, 6.07) is 44.4. The minimum Gasteiger partial charge on any atom is -0.0622 e. The average Bonchev–Trinajstić information content (AvgIpc) is 3.80. The molecule has 6 rings (SSSR count). The SMILES string of the molecule is CC1=C(C)C(C)[C]([Ti]([NH]C2CC2)[SiH](c2ccccc2)c2ccccc2)=C1C.c1ccc(-c2ccccc2)cc1. The minimum atomic E-state index is -1.67. The summed E-state index contributed by atoms with van der Waals surface area (Å²) >= 11 is -1.67. The van der Waals surface area contributed by atoms with Crippen LogP contribution in [0.25, 0.3) is 11.1 Å². The molecule has 1 atom stereocenters. The largest absolute Gasteiger partial charge is 0.0622 e. The normalized spacial score (nSPS) is 16.8. The van der Waals surface area contributed by atoms with Crippen LogP contribution in [0.1, 0.15) is 40.5 Å². The van der Waals surface area contributed by atoms with Crippen LogP contribution in [0.5, 0.6) is 0 Å². The van der Waals surface area contributed by atoms with Crippen molar-refractivity contribution in [1.82, 2.24) is 3.80 Å². The molecular weight excluding hydrogens is 522 g/mol. The number of nitrogens with one attached hydrogen (secondary N) is 1. The van der Waals surface area contributed by atoms with E-state index in [1.807, 2.05) is 16.0 Å². The van der Waals surface area contributed by atoms with Gasteiger partial charge in [0, 0.05) is 0 Å². The maximum atomic E-state index is 4.28. The molecule has 0 saturated heterocycles. The second-order valence-corrected chi connectivity index (χ2v) is 20.8. The summed E-state index contributed by atoms with van der Waals surface area (Å²) in [7, 11) is 0. The van der Waals surface area contributed by atoms with E-state index in [1.165, 1.54) is 24.0 Å². The zero-order chi connectivity index (χ0) is 27.2. The maximum Gasteiger partial charge on any atom is -0.0184 e. The van der Waals surface area contributed by atoms with Crippen LogP contribution in [0.2, 0.25) is 0 Å². The van der Waals surface area contributed by atoms with Crippen molar-refractivity contribution in [2.45, 2.75) is 46.6 Å². The third kappa shape index (κ3) is 6.70. The Bertz CT molecular complexity index is 1330. The van der Waals surface area contributed by atoms with Crippen molar-refractivity contribution in [3.8, 4) is 11.1 Å². The first-order valence-electron chi connectivity index (χ1n) is 14.3. The summed E-state index contributed by atoms with van der Waals surface area (Å²) < 4.78 is 6.10. The third-order valence-electron chi connectivity index (χ3n) is 8.30. The van der Waals surface area contributed by atoms with Gasteiger partial charge in [0.25, 0.3) is 0 Å². The van der Waals surface area contributed by atoms with E-state index in [4.69, 9.17) is 0 Å². The molecule has 0 aliphatic heterocycles. The van der Waals surface area contributed by atoms with E-state index < -0.39 is 24.0 Å². The van der Waals surface area contributed by atoms with Crippen molar-refractivity contribution in [3.63, 3.8) is 0 Å². The number of allylic oxidation sites excluding steroid dienone is 4. The summed E-state index contributed by atoms with van der Waals surface area (Å²) in [5, 5.41) is 3.23. The summed E-state index contributed by atoms with van der Waals surface area (Å²) in [5.74, 6) is 0.619. The topological polar surface area (TPSA) is 12.0 Å². The molecule has 3 heteroatoms. The molecule has 0 radical (unpaired) electrons. The van der Waals surface area contributed by atoms with E-state index in [9.17, 15) is 0 Å². The van der Waals surface area contributed by atoms with Gasteiger partial charge in [-0.3, -0.25) is 0 Å². The van der Waals surface area contributed by atoms with Crippen LogP contribution in [0.3, 0.4) is 0 Å². The van der Waals surface area contributed by atoms with Crippen LogP contribution in [0, 0.1) is 5.92 Å². The van der Waals surface area contributed by atoms with Gasteiger partial charge in [-0.05, 0) is 11.1 Å². The first-order chi connectivity index (χ1) is 19.0. The molecule has 0 amide bonds. The van der Waals surface area contributed by atoms with E-state index >= 15 is 0 Å². The van der Waals surface area contributed by atoms with Crippen LogP contribution in [-0.4, -0.2) is 12.7 Å². The van der Waals surface area contributed by atoms with Gasteiger partial charge in [0.15, 0.2) is 0 Å². The Kier molecular flexibility index (Phi) is 9.32. The van der Waals surface area contributed by atoms with E-state index in [-0.39, 0.29) is 0 Å². The Morgan fingerprint density at radius 1 is 0.590 bits per heavy atom. The Balaban J connectivity index is 0.000000214. The van der Waals surface area contributed by atoms with E-state index in [1.54, 1.807) is 27.1 Å². The predicted octanol–water partition coefficient (Wildman–Crippen LogP) is 7.42. The molecular formula is C36H40NSiTi. The first kappa shape index (κ1) is 27.8. The van der Waals surface area contributed by atoms with Gasteiger partial charge in [-0.15, -0.1) is 0 Å². The van der Waals surface area contributed by atoms with Crippen molar-refractivity contribution in [2.24, 2.45) is 5.92 Å². The smallest absolute Gasteiger partial charge is 0.0184 e. The van der Waals surface area contributed by atoms with Gasteiger partial charge in [0.05, 0.1) is 0 Å². The van der Waals surface area contributed by atoms with Crippen LogP contribution >= 0.6 is 0 Å². The standard InChI is InChI=1S/C12H11Si.C12H10.C9H13.C3H6N.Ti/c1-3-7-11(8-4-1)13-12-9-5-2-6-10-12;1-3-7-11(8-4-1)12-9-5-2-6-10-12;1-6-5-7(2)9(4)8(6)3;4-3-1-2-3;/h1-10,13H;1-10H;6H,1-4H3;3-4H,1-2H2;/q;;;-1;+1. The fraction of sp³-hybridized carbons (Fsp3) is 0.222. The quantitative estimate of drug-likeness (QED) is 0.231. The van der Waals surface area contributed by atoms with Crippen molar-refractivity contribution >= 4 is 17.0 Å². The third-order valence-corrected chi connectivity index (χ3v) is 22.1. The fourth-order valence-corrected chi connectivity index (χ4v) is 21.8. The monoisotopic (exact) mass is 562 g/mol. The van der Waals surface area contributed by atoms with Gasteiger partial charge in [-0.25, -0.2) is 0 Å². The minimum absolute atomic E-state index is 0.619. The zero-order valence-corrected chi connectivity index (χ0v) is 26.4. The molecule has 4 aromatic rings. The van der Waals surface area contributed by atoms with Crippen molar-refractivity contribution in [1.29, 1.82) is 0 Å². The predicted molar refractivity (Wildman–Crippen MR) is 168 cm³/mol. The maximum absolute atomic E-state index is 4.28. The molecule has 39 heavy (non-hydrogen) atoms. The van der Waals surface area contributed by atoms with Crippen molar-refractivity contribution < 1.29 is 17.4 Å². The average molecular weight is 563 g/mol. The molecule has 0 bridgehead atoms. The Morgan fingerprint density at radius 3 is 1.36 bits per heavy atom. The van der Waals surface area contributed by atoms with Crippen molar-refractivity contribution in [2.75, 3.05) is 0 Å². The van der Waals surface area contributed by atoms with Crippen molar-refractivity contribution in [3.05, 3.63) is 142 Å². The Morgan fingerprint density at radius 2 is 1.00 bits per heavy atom. The molecule has 1 nitrogen and oxygen atoms in total. The van der Waals surface area contributed by atoms with E-state index in [0.29, 0.717) is 5.92 Å². The van der Waals surface area contributed by atoms with Gasteiger partial charge in [-0.2, -0.15) is 0 Å². The van der Waals surface area contributed by atoms with Gasteiger partial charge < -0.3 is 0 Å². The van der Waals surface area contributed by atoms with Crippen LogP contribution in [0.15, 0.2) is 142 Å². The summed E-state index contributed by atoms with van der Waals surface area (Å²) in [4.78, 5) is 0. The number of hydrogen-bond acceptors (Lipinski definition) is 1. The van der Waals surface area contributed by atoms with Crippen LogP contribution in [-0.2, 0) is 17.4 Å². The molecule has 0 spiro atoms.